The Kier molecular flexibility index (Phi) is 10.2. The lowest BCUT2D eigenvalue weighted by Crippen LogP contribution is -2.42. The van der Waals surface area contributed by atoms with Crippen LogP contribution in [0.4, 0.5) is 22.2 Å². The van der Waals surface area contributed by atoms with E-state index >= 15 is 0 Å². The number of urea groups is 1. The van der Waals surface area contributed by atoms with Gasteiger partial charge in [-0.3, -0.25) is 9.78 Å². The molecule has 2 fully saturated rings. The summed E-state index contributed by atoms with van der Waals surface area (Å²) in [4.78, 5) is 45.5. The summed E-state index contributed by atoms with van der Waals surface area (Å²) < 4.78 is 1.73. The molecule has 1 unspecified atom stereocenters. The van der Waals surface area contributed by atoms with Crippen molar-refractivity contribution in [2.75, 3.05) is 35.2 Å². The average Bonchev–Trinajstić information content (AvgIpc) is 3.88. The zero-order chi connectivity index (χ0) is 37.1. The number of amides is 3. The van der Waals surface area contributed by atoms with E-state index in [0.717, 1.165) is 11.1 Å². The molecule has 1 saturated carbocycles. The average molecular weight is 723 g/mol. The third kappa shape index (κ3) is 7.78. The minimum Gasteiger partial charge on any atom is -0.508 e. The highest BCUT2D eigenvalue weighted by molar-refractivity contribution is 5.89. The Labute approximate surface area is 305 Å². The Bertz CT molecular complexity index is 2000. The minimum atomic E-state index is -1.20. The molecule has 1 aliphatic heterocycles. The summed E-state index contributed by atoms with van der Waals surface area (Å²) in [6.07, 6.45) is 3.52. The molecule has 276 valence electrons. The van der Waals surface area contributed by atoms with Crippen LogP contribution in [0.25, 0.3) is 11.2 Å². The zero-order valence-electron chi connectivity index (χ0n) is 29.0. The van der Waals surface area contributed by atoms with Crippen molar-refractivity contribution in [3.05, 3.63) is 90.5 Å². The normalized spacial score (nSPS) is 21.2. The summed E-state index contributed by atoms with van der Waals surface area (Å²) in [7, 11) is 0. The molecule has 5 atom stereocenters. The quantitative estimate of drug-likeness (QED) is 0.0986. The highest BCUT2D eigenvalue weighted by atomic mass is 16.3. The van der Waals surface area contributed by atoms with Crippen LogP contribution in [-0.2, 0) is 4.79 Å². The van der Waals surface area contributed by atoms with Crippen molar-refractivity contribution >= 4 is 40.6 Å². The number of benzene rings is 2. The molecule has 7 rings (SSSR count). The van der Waals surface area contributed by atoms with Crippen molar-refractivity contribution < 1.29 is 30.0 Å². The maximum Gasteiger partial charge on any atom is 0.319 e. The van der Waals surface area contributed by atoms with Gasteiger partial charge in [0, 0.05) is 56.1 Å². The van der Waals surface area contributed by atoms with E-state index in [0.29, 0.717) is 54.7 Å². The van der Waals surface area contributed by atoms with E-state index in [-0.39, 0.29) is 48.2 Å². The SMILES string of the molecule is CCC(=O)N[C@H]1C[C@@H](n2cnc3c(NCC(c4ccc(O)cc4)c4ccc(O)cc4)nc(N4CCC(NC(=O)Nc5ccncc5)C4)nc32)[C@H](O)[C@@H]1O. The molecule has 2 aromatic carbocycles. The summed E-state index contributed by atoms with van der Waals surface area (Å²) in [5.74, 6) is 0.653. The number of aromatic nitrogens is 5. The lowest BCUT2D eigenvalue weighted by molar-refractivity contribution is -0.122. The summed E-state index contributed by atoms with van der Waals surface area (Å²) in [6.45, 7) is 3.06. The summed E-state index contributed by atoms with van der Waals surface area (Å²) in [6, 6.07) is 15.4. The molecule has 0 bridgehead atoms. The summed E-state index contributed by atoms with van der Waals surface area (Å²) in [5, 5.41) is 54.2. The van der Waals surface area contributed by atoms with E-state index < -0.39 is 24.3 Å². The van der Waals surface area contributed by atoms with Crippen molar-refractivity contribution in [3.8, 4) is 11.5 Å². The zero-order valence-corrected chi connectivity index (χ0v) is 29.0. The third-order valence-corrected chi connectivity index (χ3v) is 9.90. The molecule has 53 heavy (non-hydrogen) atoms. The van der Waals surface area contributed by atoms with Crippen LogP contribution in [0.3, 0.4) is 0 Å². The number of aliphatic hydroxyl groups excluding tert-OH is 2. The molecule has 0 radical (unpaired) electrons. The molecule has 4 heterocycles. The van der Waals surface area contributed by atoms with Crippen LogP contribution in [0.15, 0.2) is 79.4 Å². The van der Waals surface area contributed by atoms with Gasteiger partial charge in [-0.2, -0.15) is 9.97 Å². The number of carbonyl (C=O) groups excluding carboxylic acids is 2. The number of anilines is 3. The smallest absolute Gasteiger partial charge is 0.319 e. The van der Waals surface area contributed by atoms with Crippen LogP contribution in [0.2, 0.25) is 0 Å². The molecule has 2 aliphatic rings. The largest absolute Gasteiger partial charge is 0.508 e. The number of hydrogen-bond donors (Lipinski definition) is 8. The van der Waals surface area contributed by atoms with Gasteiger partial charge in [-0.15, -0.1) is 0 Å². The summed E-state index contributed by atoms with van der Waals surface area (Å²) in [5.41, 5.74) is 3.32. The topological polar surface area (TPSA) is 223 Å². The number of phenols is 2. The van der Waals surface area contributed by atoms with Crippen LogP contribution < -0.4 is 26.2 Å². The van der Waals surface area contributed by atoms with Gasteiger partial charge in [-0.05, 0) is 60.4 Å². The maximum absolute atomic E-state index is 12.8. The molecule has 1 aliphatic carbocycles. The van der Waals surface area contributed by atoms with Crippen molar-refractivity contribution in [1.82, 2.24) is 35.1 Å². The molecule has 1 saturated heterocycles. The van der Waals surface area contributed by atoms with E-state index in [9.17, 15) is 30.0 Å². The third-order valence-electron chi connectivity index (χ3n) is 9.90. The van der Waals surface area contributed by atoms with Crippen molar-refractivity contribution in [2.24, 2.45) is 0 Å². The number of fused-ring (bicyclic) bond motifs is 1. The second-order valence-corrected chi connectivity index (χ2v) is 13.4. The number of nitrogens with one attached hydrogen (secondary N) is 4. The van der Waals surface area contributed by atoms with Crippen molar-refractivity contribution in [3.63, 3.8) is 0 Å². The molecular weight excluding hydrogens is 680 g/mol. The fourth-order valence-corrected chi connectivity index (χ4v) is 7.04. The monoisotopic (exact) mass is 722 g/mol. The minimum absolute atomic E-state index is 0.142. The van der Waals surface area contributed by atoms with E-state index in [1.807, 2.05) is 29.2 Å². The lowest BCUT2D eigenvalue weighted by atomic mass is 9.91. The van der Waals surface area contributed by atoms with Gasteiger partial charge in [0.1, 0.15) is 23.7 Å². The predicted octanol–water partition coefficient (Wildman–Crippen LogP) is 2.84. The fraction of sp³-hybridized carbons (Fsp3) is 0.351. The van der Waals surface area contributed by atoms with Gasteiger partial charge in [-0.25, -0.2) is 9.78 Å². The molecule has 3 amide bonds. The highest BCUT2D eigenvalue weighted by Gasteiger charge is 2.44. The highest BCUT2D eigenvalue weighted by Crippen LogP contribution is 2.36. The van der Waals surface area contributed by atoms with Gasteiger partial charge < -0.3 is 51.2 Å². The second kappa shape index (κ2) is 15.3. The number of aromatic hydroxyl groups is 2. The fourth-order valence-electron chi connectivity index (χ4n) is 7.04. The standard InChI is InChI=1S/C37H42N10O6/c1-2-30(50)43-28-17-29(33(52)32(28)51)47-20-40-31-34(39-18-27(21-3-7-25(48)8-4-21)22-5-9-26(49)10-6-22)44-36(45-35(31)47)46-16-13-24(19-46)42-37(53)41-23-11-14-38-15-12-23/h3-12,14-15,20,24,27-29,32-33,48-49,51-52H,2,13,16-19H2,1H3,(H,43,50)(H,39,44,45)(H2,38,41,42,53)/t24?,28-,29+,32+,33-/m0/s1. The Balaban J connectivity index is 1.19. The van der Waals surface area contributed by atoms with Crippen molar-refractivity contribution in [2.45, 2.75) is 62.4 Å². The van der Waals surface area contributed by atoms with Gasteiger partial charge in [-0.1, -0.05) is 31.2 Å². The number of imidazole rings is 1. The first kappa shape index (κ1) is 35.4. The molecule has 16 heteroatoms. The molecule has 3 aromatic heterocycles. The first-order chi connectivity index (χ1) is 25.7. The number of pyridine rings is 1. The Hall–Kier alpha value is -6.00. The molecule has 5 aromatic rings. The molecule has 16 nitrogen and oxygen atoms in total. The second-order valence-electron chi connectivity index (χ2n) is 13.4. The van der Waals surface area contributed by atoms with Gasteiger partial charge in [0.15, 0.2) is 17.0 Å². The van der Waals surface area contributed by atoms with Crippen LogP contribution in [0.5, 0.6) is 11.5 Å². The first-order valence-electron chi connectivity index (χ1n) is 17.6. The number of rotatable bonds is 11. The molecule has 8 N–H and O–H groups in total. The summed E-state index contributed by atoms with van der Waals surface area (Å²) >= 11 is 0. The van der Waals surface area contributed by atoms with E-state index in [1.54, 1.807) is 66.6 Å². The van der Waals surface area contributed by atoms with Crippen LogP contribution in [0.1, 0.15) is 49.3 Å². The van der Waals surface area contributed by atoms with Gasteiger partial charge in [0.2, 0.25) is 11.9 Å². The predicted molar refractivity (Wildman–Crippen MR) is 197 cm³/mol. The first-order valence-corrected chi connectivity index (χ1v) is 17.6. The number of aliphatic hydroxyl groups is 2. The number of phenolic OH excluding ortho intramolecular Hbond substituents is 2. The Morgan fingerprint density at radius 3 is 2.25 bits per heavy atom. The van der Waals surface area contributed by atoms with Gasteiger partial charge in [0.25, 0.3) is 0 Å². The maximum atomic E-state index is 12.8. The molecular formula is C37H42N10O6. The number of nitrogens with zero attached hydrogens (tertiary/aromatic N) is 6. The number of hydrogen-bond acceptors (Lipinski definition) is 12. The van der Waals surface area contributed by atoms with Gasteiger partial charge in [0.05, 0.1) is 18.4 Å². The molecule has 0 spiro atoms. The Morgan fingerprint density at radius 2 is 1.58 bits per heavy atom. The van der Waals surface area contributed by atoms with E-state index in [4.69, 9.17) is 9.97 Å². The lowest BCUT2D eigenvalue weighted by Gasteiger charge is -2.22. The van der Waals surface area contributed by atoms with Crippen molar-refractivity contribution in [1.29, 1.82) is 0 Å². The van der Waals surface area contributed by atoms with E-state index in [2.05, 4.69) is 31.2 Å². The van der Waals surface area contributed by atoms with Crippen LogP contribution >= 0.6 is 0 Å². The number of carbonyl (C=O) groups is 2. The van der Waals surface area contributed by atoms with E-state index in [1.165, 1.54) is 0 Å². The Morgan fingerprint density at radius 1 is 0.906 bits per heavy atom. The van der Waals surface area contributed by atoms with Gasteiger partial charge >= 0.3 is 6.03 Å². The van der Waals surface area contributed by atoms with Crippen LogP contribution in [0, 0.1) is 0 Å². The van der Waals surface area contributed by atoms with Crippen LogP contribution in [-0.4, -0.2) is 101 Å².